The molecule has 4 heteroatoms. The van der Waals surface area contributed by atoms with Crippen molar-refractivity contribution in [2.45, 2.75) is 26.3 Å². The zero-order valence-electron chi connectivity index (χ0n) is 9.96. The second kappa shape index (κ2) is 6.23. The quantitative estimate of drug-likeness (QED) is 0.646. The van der Waals surface area contributed by atoms with E-state index in [0.29, 0.717) is 5.92 Å². The molecular formula is C12H19BrN2O. The molecule has 3 N–H and O–H groups in total. The van der Waals surface area contributed by atoms with Gasteiger partial charge in [0.15, 0.2) is 0 Å². The highest BCUT2D eigenvalue weighted by molar-refractivity contribution is 9.10. The van der Waals surface area contributed by atoms with Crippen LogP contribution in [0.15, 0.2) is 22.7 Å². The maximum absolute atomic E-state index is 5.60. The number of halogens is 1. The standard InChI is InChI=1S/C12H19BrN2O/c1-8(2)6-12(15-14)10-7-9(16-3)4-5-11(10)13/h4-5,7-8,12,15H,6,14H2,1-3H3. The minimum absolute atomic E-state index is 0.143. The van der Waals surface area contributed by atoms with Crippen molar-refractivity contribution >= 4 is 15.9 Å². The van der Waals surface area contributed by atoms with Gasteiger partial charge in [-0.05, 0) is 36.1 Å². The van der Waals surface area contributed by atoms with Gasteiger partial charge >= 0.3 is 0 Å². The normalized spacial score (nSPS) is 12.9. The predicted molar refractivity (Wildman–Crippen MR) is 70.2 cm³/mol. The van der Waals surface area contributed by atoms with Gasteiger partial charge in [0.25, 0.3) is 0 Å². The molecule has 1 aromatic rings. The number of hydrogen-bond donors (Lipinski definition) is 2. The highest BCUT2D eigenvalue weighted by Crippen LogP contribution is 2.30. The van der Waals surface area contributed by atoms with E-state index in [1.807, 2.05) is 18.2 Å². The SMILES string of the molecule is COc1ccc(Br)c(C(CC(C)C)NN)c1. The van der Waals surface area contributed by atoms with Crippen LogP contribution < -0.4 is 16.0 Å². The highest BCUT2D eigenvalue weighted by Gasteiger charge is 2.15. The monoisotopic (exact) mass is 286 g/mol. The molecule has 1 aromatic carbocycles. The third kappa shape index (κ3) is 3.47. The number of benzene rings is 1. The van der Waals surface area contributed by atoms with Gasteiger partial charge in [0.2, 0.25) is 0 Å². The summed E-state index contributed by atoms with van der Waals surface area (Å²) in [5.74, 6) is 7.03. The smallest absolute Gasteiger partial charge is 0.119 e. The maximum atomic E-state index is 5.60. The van der Waals surface area contributed by atoms with Crippen molar-refractivity contribution in [3.8, 4) is 5.75 Å². The first-order valence-corrected chi connectivity index (χ1v) is 6.17. The van der Waals surface area contributed by atoms with Gasteiger partial charge in [-0.25, -0.2) is 0 Å². The van der Waals surface area contributed by atoms with Crippen molar-refractivity contribution < 1.29 is 4.74 Å². The van der Waals surface area contributed by atoms with Crippen LogP contribution in [0.3, 0.4) is 0 Å². The van der Waals surface area contributed by atoms with Crippen LogP contribution in [0.1, 0.15) is 31.9 Å². The van der Waals surface area contributed by atoms with Crippen LogP contribution in [0.25, 0.3) is 0 Å². The van der Waals surface area contributed by atoms with Crippen LogP contribution in [-0.2, 0) is 0 Å². The predicted octanol–water partition coefficient (Wildman–Crippen LogP) is 3.01. The van der Waals surface area contributed by atoms with E-state index in [1.54, 1.807) is 7.11 Å². The molecule has 0 aliphatic rings. The minimum atomic E-state index is 0.143. The Morgan fingerprint density at radius 1 is 1.44 bits per heavy atom. The lowest BCUT2D eigenvalue weighted by atomic mass is 9.97. The first kappa shape index (κ1) is 13.5. The highest BCUT2D eigenvalue weighted by atomic mass is 79.9. The van der Waals surface area contributed by atoms with Gasteiger partial charge in [0.1, 0.15) is 5.75 Å². The molecule has 3 nitrogen and oxygen atoms in total. The van der Waals surface area contributed by atoms with E-state index >= 15 is 0 Å². The van der Waals surface area contributed by atoms with Crippen LogP contribution in [0.2, 0.25) is 0 Å². The summed E-state index contributed by atoms with van der Waals surface area (Å²) in [5.41, 5.74) is 3.99. The molecule has 0 aromatic heterocycles. The molecular weight excluding hydrogens is 268 g/mol. The number of hydrazine groups is 1. The Labute approximate surface area is 105 Å². The van der Waals surface area contributed by atoms with Gasteiger partial charge in [-0.1, -0.05) is 29.8 Å². The molecule has 16 heavy (non-hydrogen) atoms. The van der Waals surface area contributed by atoms with Crippen molar-refractivity contribution in [1.29, 1.82) is 0 Å². The lowest BCUT2D eigenvalue weighted by molar-refractivity contribution is 0.408. The topological polar surface area (TPSA) is 47.3 Å². The summed E-state index contributed by atoms with van der Waals surface area (Å²) in [6.07, 6.45) is 0.988. The Morgan fingerprint density at radius 2 is 2.12 bits per heavy atom. The van der Waals surface area contributed by atoms with Gasteiger partial charge in [-0.15, -0.1) is 0 Å². The molecule has 0 heterocycles. The van der Waals surface area contributed by atoms with E-state index in [2.05, 4.69) is 35.2 Å². The fourth-order valence-corrected chi connectivity index (χ4v) is 2.19. The van der Waals surface area contributed by atoms with Crippen molar-refractivity contribution in [2.24, 2.45) is 11.8 Å². The minimum Gasteiger partial charge on any atom is -0.497 e. The number of ether oxygens (including phenoxy) is 1. The van der Waals surface area contributed by atoms with Crippen LogP contribution in [0.4, 0.5) is 0 Å². The van der Waals surface area contributed by atoms with Crippen LogP contribution >= 0.6 is 15.9 Å². The molecule has 0 fully saturated rings. The first-order chi connectivity index (χ1) is 7.58. The molecule has 0 radical (unpaired) electrons. The van der Waals surface area contributed by atoms with Gasteiger partial charge in [0.05, 0.1) is 7.11 Å². The fraction of sp³-hybridized carbons (Fsp3) is 0.500. The Bertz CT molecular complexity index is 342. The summed E-state index contributed by atoms with van der Waals surface area (Å²) in [7, 11) is 1.67. The average molecular weight is 287 g/mol. The van der Waals surface area contributed by atoms with Crippen LogP contribution in [0.5, 0.6) is 5.75 Å². The lowest BCUT2D eigenvalue weighted by Crippen LogP contribution is -2.29. The summed E-state index contributed by atoms with van der Waals surface area (Å²) in [6.45, 7) is 4.36. The van der Waals surface area contributed by atoms with Gasteiger partial charge in [0, 0.05) is 10.5 Å². The van der Waals surface area contributed by atoms with E-state index in [0.717, 1.165) is 22.2 Å². The van der Waals surface area contributed by atoms with Gasteiger partial charge in [-0.3, -0.25) is 11.3 Å². The second-order valence-corrected chi connectivity index (χ2v) is 5.09. The Balaban J connectivity index is 2.98. The summed E-state index contributed by atoms with van der Waals surface area (Å²) < 4.78 is 6.27. The number of methoxy groups -OCH3 is 1. The van der Waals surface area contributed by atoms with E-state index in [1.165, 1.54) is 0 Å². The van der Waals surface area contributed by atoms with Crippen molar-refractivity contribution in [3.63, 3.8) is 0 Å². The van der Waals surface area contributed by atoms with E-state index in [4.69, 9.17) is 10.6 Å². The van der Waals surface area contributed by atoms with E-state index < -0.39 is 0 Å². The third-order valence-electron chi connectivity index (χ3n) is 2.49. The molecule has 0 amide bonds. The summed E-state index contributed by atoms with van der Waals surface area (Å²) >= 11 is 3.54. The van der Waals surface area contributed by atoms with Crippen molar-refractivity contribution in [2.75, 3.05) is 7.11 Å². The Morgan fingerprint density at radius 3 is 2.62 bits per heavy atom. The van der Waals surface area contributed by atoms with E-state index in [9.17, 15) is 0 Å². The molecule has 0 spiro atoms. The molecule has 1 rings (SSSR count). The average Bonchev–Trinajstić information content (AvgIpc) is 2.26. The van der Waals surface area contributed by atoms with Crippen molar-refractivity contribution in [1.82, 2.24) is 5.43 Å². The molecule has 0 saturated carbocycles. The fourth-order valence-electron chi connectivity index (χ4n) is 1.67. The van der Waals surface area contributed by atoms with Crippen molar-refractivity contribution in [3.05, 3.63) is 28.2 Å². The maximum Gasteiger partial charge on any atom is 0.119 e. The zero-order valence-corrected chi connectivity index (χ0v) is 11.5. The number of hydrogen-bond acceptors (Lipinski definition) is 3. The summed E-state index contributed by atoms with van der Waals surface area (Å²) in [4.78, 5) is 0. The largest absolute Gasteiger partial charge is 0.497 e. The summed E-state index contributed by atoms with van der Waals surface area (Å²) in [6, 6.07) is 6.07. The summed E-state index contributed by atoms with van der Waals surface area (Å²) in [5, 5.41) is 0. The molecule has 0 aliphatic carbocycles. The second-order valence-electron chi connectivity index (χ2n) is 4.24. The molecule has 90 valence electrons. The molecule has 0 saturated heterocycles. The molecule has 1 unspecified atom stereocenters. The number of rotatable bonds is 5. The molecule has 0 aliphatic heterocycles. The zero-order chi connectivity index (χ0) is 12.1. The van der Waals surface area contributed by atoms with Gasteiger partial charge < -0.3 is 4.74 Å². The van der Waals surface area contributed by atoms with Crippen LogP contribution in [0, 0.1) is 5.92 Å². The van der Waals surface area contributed by atoms with E-state index in [-0.39, 0.29) is 6.04 Å². The number of nitrogens with two attached hydrogens (primary N) is 1. The Kier molecular flexibility index (Phi) is 5.25. The Hall–Kier alpha value is -0.580. The molecule has 0 bridgehead atoms. The first-order valence-electron chi connectivity index (χ1n) is 5.38. The molecule has 1 atom stereocenters. The van der Waals surface area contributed by atoms with Gasteiger partial charge in [-0.2, -0.15) is 0 Å². The lowest BCUT2D eigenvalue weighted by Gasteiger charge is -2.20. The number of nitrogens with one attached hydrogen (secondary N) is 1. The third-order valence-corrected chi connectivity index (χ3v) is 3.21. The van der Waals surface area contributed by atoms with Crippen LogP contribution in [-0.4, -0.2) is 7.11 Å².